The van der Waals surface area contributed by atoms with Crippen LogP contribution in [0, 0.1) is 0 Å². The minimum absolute atomic E-state index is 0. The molecule has 0 atom stereocenters. The third-order valence-corrected chi connectivity index (χ3v) is 2.17. The first kappa shape index (κ1) is 15.7. The van der Waals surface area contributed by atoms with Gasteiger partial charge in [0.15, 0.2) is 12.4 Å². The summed E-state index contributed by atoms with van der Waals surface area (Å²) in [5.74, 6) is -0.299. The van der Waals surface area contributed by atoms with Crippen molar-refractivity contribution < 1.29 is 26.5 Å². The summed E-state index contributed by atoms with van der Waals surface area (Å²) in [4.78, 5) is 11.0. The zero-order chi connectivity index (χ0) is 11.8. The molecule has 0 bridgehead atoms. The van der Waals surface area contributed by atoms with E-state index in [2.05, 4.69) is 11.1 Å². The fourth-order valence-electron chi connectivity index (χ4n) is 1.27. The number of hydrogen-bond donors (Lipinski definition) is 0. The van der Waals surface area contributed by atoms with Gasteiger partial charge in [-0.25, -0.2) is 9.36 Å². The van der Waals surface area contributed by atoms with Crippen LogP contribution in [0.4, 0.5) is 0 Å². The second-order valence-electron chi connectivity index (χ2n) is 3.74. The molecule has 3 nitrogen and oxygen atoms in total. The standard InChI is InChI=1S/C13H18NO2.ClH/c1-12(2)13(15)16-11-7-6-10-14-8-4-3-5-9-14;/h3-5,8-9H,1,6-7,10-11H2,2H3;1H/q+1;/p-1. The van der Waals surface area contributed by atoms with Crippen LogP contribution in [0.5, 0.6) is 0 Å². The van der Waals surface area contributed by atoms with Crippen LogP contribution in [0.3, 0.4) is 0 Å². The molecule has 0 aromatic carbocycles. The number of halogens is 1. The van der Waals surface area contributed by atoms with Crippen molar-refractivity contribution >= 4 is 5.97 Å². The van der Waals surface area contributed by atoms with Crippen molar-refractivity contribution in [3.8, 4) is 0 Å². The molecule has 1 aromatic rings. The van der Waals surface area contributed by atoms with Gasteiger partial charge in [-0.2, -0.15) is 0 Å². The van der Waals surface area contributed by atoms with Crippen molar-refractivity contribution in [3.63, 3.8) is 0 Å². The lowest BCUT2D eigenvalue weighted by Crippen LogP contribution is -3.00. The zero-order valence-electron chi connectivity index (χ0n) is 10.1. The van der Waals surface area contributed by atoms with E-state index in [0.717, 1.165) is 19.4 Å². The van der Waals surface area contributed by atoms with E-state index in [1.807, 2.05) is 30.6 Å². The van der Waals surface area contributed by atoms with Crippen LogP contribution >= 0.6 is 0 Å². The Kier molecular flexibility index (Phi) is 8.07. The fourth-order valence-corrected chi connectivity index (χ4v) is 1.27. The van der Waals surface area contributed by atoms with E-state index >= 15 is 0 Å². The van der Waals surface area contributed by atoms with Crippen LogP contribution in [0.2, 0.25) is 0 Å². The lowest BCUT2D eigenvalue weighted by molar-refractivity contribution is -0.697. The molecule has 0 aliphatic heterocycles. The Balaban J connectivity index is 0.00000256. The number of rotatable bonds is 6. The quantitative estimate of drug-likeness (QED) is 0.279. The van der Waals surface area contributed by atoms with Gasteiger partial charge in [-0.1, -0.05) is 12.6 Å². The number of nitrogens with zero attached hydrogens (tertiary/aromatic N) is 1. The Morgan fingerprint density at radius 1 is 1.24 bits per heavy atom. The van der Waals surface area contributed by atoms with E-state index in [4.69, 9.17) is 4.74 Å². The first-order chi connectivity index (χ1) is 7.70. The predicted molar refractivity (Wildman–Crippen MR) is 61.6 cm³/mol. The summed E-state index contributed by atoms with van der Waals surface area (Å²) in [6.07, 6.45) is 5.93. The van der Waals surface area contributed by atoms with Gasteiger partial charge >= 0.3 is 5.97 Å². The predicted octanol–water partition coefficient (Wildman–Crippen LogP) is -1.12. The van der Waals surface area contributed by atoms with E-state index in [0.29, 0.717) is 12.2 Å². The maximum absolute atomic E-state index is 11.0. The van der Waals surface area contributed by atoms with Crippen LogP contribution in [0.1, 0.15) is 19.8 Å². The molecule has 0 aliphatic carbocycles. The molecule has 0 fully saturated rings. The first-order valence-electron chi connectivity index (χ1n) is 5.47. The van der Waals surface area contributed by atoms with Crippen molar-refractivity contribution in [2.75, 3.05) is 6.61 Å². The summed E-state index contributed by atoms with van der Waals surface area (Å²) in [5.41, 5.74) is 0.456. The summed E-state index contributed by atoms with van der Waals surface area (Å²) >= 11 is 0. The number of pyridine rings is 1. The van der Waals surface area contributed by atoms with E-state index in [1.54, 1.807) is 6.92 Å². The number of unbranched alkanes of at least 4 members (excludes halogenated alkanes) is 1. The van der Waals surface area contributed by atoms with Crippen molar-refractivity contribution in [1.29, 1.82) is 0 Å². The molecule has 1 aromatic heterocycles. The highest BCUT2D eigenvalue weighted by Crippen LogP contribution is 1.95. The molecule has 4 heteroatoms. The normalized spacial score (nSPS) is 9.24. The van der Waals surface area contributed by atoms with Crippen molar-refractivity contribution in [2.24, 2.45) is 0 Å². The fraction of sp³-hybridized carbons (Fsp3) is 0.385. The van der Waals surface area contributed by atoms with E-state index < -0.39 is 0 Å². The number of aromatic nitrogens is 1. The van der Waals surface area contributed by atoms with Gasteiger partial charge in [0.1, 0.15) is 6.54 Å². The molecular formula is C13H18ClNO2. The van der Waals surface area contributed by atoms with Crippen LogP contribution in [0.25, 0.3) is 0 Å². The summed E-state index contributed by atoms with van der Waals surface area (Å²) in [6.45, 7) is 6.60. The van der Waals surface area contributed by atoms with Gasteiger partial charge in [-0.3, -0.25) is 0 Å². The highest BCUT2D eigenvalue weighted by atomic mass is 35.5. The Morgan fingerprint density at radius 2 is 1.88 bits per heavy atom. The van der Waals surface area contributed by atoms with Gasteiger partial charge in [-0.15, -0.1) is 0 Å². The van der Waals surface area contributed by atoms with Gasteiger partial charge in [0.25, 0.3) is 0 Å². The Hall–Kier alpha value is -1.35. The van der Waals surface area contributed by atoms with Crippen LogP contribution in [-0.2, 0) is 16.1 Å². The Morgan fingerprint density at radius 3 is 2.47 bits per heavy atom. The van der Waals surface area contributed by atoms with Crippen molar-refractivity contribution in [2.45, 2.75) is 26.3 Å². The van der Waals surface area contributed by atoms with E-state index in [1.165, 1.54) is 0 Å². The minimum atomic E-state index is -0.299. The monoisotopic (exact) mass is 255 g/mol. The summed E-state index contributed by atoms with van der Waals surface area (Å²) < 4.78 is 7.11. The van der Waals surface area contributed by atoms with Crippen LogP contribution < -0.4 is 17.0 Å². The maximum atomic E-state index is 11.0. The smallest absolute Gasteiger partial charge is 0.333 e. The third kappa shape index (κ3) is 6.74. The molecule has 0 unspecified atom stereocenters. The topological polar surface area (TPSA) is 30.2 Å². The molecule has 1 rings (SSSR count). The minimum Gasteiger partial charge on any atom is -1.00 e. The average Bonchev–Trinajstić information content (AvgIpc) is 2.29. The van der Waals surface area contributed by atoms with Gasteiger partial charge in [0.05, 0.1) is 6.61 Å². The average molecular weight is 256 g/mol. The van der Waals surface area contributed by atoms with Crippen LogP contribution in [-0.4, -0.2) is 12.6 Å². The lowest BCUT2D eigenvalue weighted by Gasteiger charge is -2.02. The number of aryl methyl sites for hydroxylation is 1. The largest absolute Gasteiger partial charge is 1.00 e. The highest BCUT2D eigenvalue weighted by Gasteiger charge is 2.03. The molecule has 0 N–H and O–H groups in total. The van der Waals surface area contributed by atoms with Crippen LogP contribution in [0.15, 0.2) is 42.7 Å². The lowest BCUT2D eigenvalue weighted by atomic mass is 10.3. The van der Waals surface area contributed by atoms with E-state index in [9.17, 15) is 4.79 Å². The summed E-state index contributed by atoms with van der Waals surface area (Å²) in [6, 6.07) is 5.99. The molecule has 0 aliphatic rings. The molecule has 0 amide bonds. The summed E-state index contributed by atoms with van der Waals surface area (Å²) in [7, 11) is 0. The van der Waals surface area contributed by atoms with Crippen molar-refractivity contribution in [3.05, 3.63) is 42.7 Å². The molecule has 0 spiro atoms. The number of ether oxygens (including phenoxy) is 1. The SMILES string of the molecule is C=C(C)C(=O)OCCCC[n+]1ccccc1.[Cl-]. The first-order valence-corrected chi connectivity index (χ1v) is 5.47. The molecule has 0 saturated carbocycles. The summed E-state index contributed by atoms with van der Waals surface area (Å²) in [5, 5.41) is 0. The van der Waals surface area contributed by atoms with Gasteiger partial charge in [-0.05, 0) is 13.3 Å². The molecule has 17 heavy (non-hydrogen) atoms. The number of carbonyl (C=O) groups is 1. The van der Waals surface area contributed by atoms with Gasteiger partial charge < -0.3 is 17.1 Å². The Bertz CT molecular complexity index is 352. The number of carbonyl (C=O) groups excluding carboxylic acids is 1. The molecule has 0 radical (unpaired) electrons. The Labute approximate surface area is 109 Å². The van der Waals surface area contributed by atoms with E-state index in [-0.39, 0.29) is 18.4 Å². The second-order valence-corrected chi connectivity index (χ2v) is 3.74. The maximum Gasteiger partial charge on any atom is 0.333 e. The highest BCUT2D eigenvalue weighted by molar-refractivity contribution is 5.86. The second kappa shape index (κ2) is 8.76. The van der Waals surface area contributed by atoms with Crippen molar-refractivity contribution in [1.82, 2.24) is 0 Å². The number of hydrogen-bond acceptors (Lipinski definition) is 2. The molecule has 1 heterocycles. The van der Waals surface area contributed by atoms with Gasteiger partial charge in [0.2, 0.25) is 0 Å². The number of esters is 1. The zero-order valence-corrected chi connectivity index (χ0v) is 10.8. The third-order valence-electron chi connectivity index (χ3n) is 2.17. The molecular weight excluding hydrogens is 238 g/mol. The molecule has 0 saturated heterocycles. The van der Waals surface area contributed by atoms with Gasteiger partial charge in [0, 0.05) is 24.1 Å². The molecule has 94 valence electrons.